The molecule has 2 aliphatic carbocycles. The van der Waals surface area contributed by atoms with E-state index in [0.717, 1.165) is 31.4 Å². The Bertz CT molecular complexity index is 637. The second kappa shape index (κ2) is 5.76. The lowest BCUT2D eigenvalue weighted by molar-refractivity contribution is -0.162. The molecule has 0 amide bonds. The van der Waals surface area contributed by atoms with E-state index in [1.165, 1.54) is 11.1 Å². The van der Waals surface area contributed by atoms with Crippen LogP contribution in [-0.2, 0) is 22.4 Å². The number of carbonyl (C=O) groups excluding carboxylic acids is 1. The molecule has 1 aromatic rings. The number of benzene rings is 1. The Labute approximate surface area is 144 Å². The van der Waals surface area contributed by atoms with Gasteiger partial charge in [-0.05, 0) is 88.0 Å². The van der Waals surface area contributed by atoms with Gasteiger partial charge in [0.1, 0.15) is 5.60 Å². The molecule has 0 atom stereocenters. The minimum Gasteiger partial charge on any atom is -0.460 e. The van der Waals surface area contributed by atoms with Gasteiger partial charge in [0.15, 0.2) is 0 Å². The molecule has 4 heteroatoms. The summed E-state index contributed by atoms with van der Waals surface area (Å²) in [5, 5.41) is 10.8. The van der Waals surface area contributed by atoms with E-state index in [1.807, 2.05) is 26.8 Å². The van der Waals surface area contributed by atoms with Gasteiger partial charge in [0.05, 0.1) is 12.0 Å². The van der Waals surface area contributed by atoms with Crippen molar-refractivity contribution in [3.63, 3.8) is 0 Å². The first kappa shape index (κ1) is 17.3. The van der Waals surface area contributed by atoms with Crippen molar-refractivity contribution in [2.45, 2.75) is 76.9 Å². The van der Waals surface area contributed by atoms with Crippen LogP contribution in [0.3, 0.4) is 0 Å². The van der Waals surface area contributed by atoms with Gasteiger partial charge in [-0.1, -0.05) is 6.07 Å². The number of nitrogen functional groups attached to an aromatic ring is 1. The molecule has 0 bridgehead atoms. The van der Waals surface area contributed by atoms with E-state index >= 15 is 0 Å². The lowest BCUT2D eigenvalue weighted by Gasteiger charge is -2.42. The number of rotatable bonds is 2. The summed E-state index contributed by atoms with van der Waals surface area (Å²) in [4.78, 5) is 12.1. The second-order valence-electron chi connectivity index (χ2n) is 8.87. The number of ether oxygens (including phenoxy) is 1. The van der Waals surface area contributed by atoms with Crippen molar-refractivity contribution in [2.75, 3.05) is 5.73 Å². The Morgan fingerprint density at radius 2 is 1.79 bits per heavy atom. The first-order chi connectivity index (χ1) is 11.1. The van der Waals surface area contributed by atoms with E-state index in [9.17, 15) is 9.90 Å². The maximum absolute atomic E-state index is 12.1. The molecule has 1 aromatic carbocycles. The van der Waals surface area contributed by atoms with Crippen LogP contribution in [0.1, 0.15) is 64.0 Å². The van der Waals surface area contributed by atoms with Gasteiger partial charge in [-0.25, -0.2) is 0 Å². The highest BCUT2D eigenvalue weighted by Gasteiger charge is 2.45. The van der Waals surface area contributed by atoms with E-state index < -0.39 is 11.2 Å². The van der Waals surface area contributed by atoms with E-state index in [1.54, 1.807) is 0 Å². The molecular formula is C20H29NO3. The number of hydrogen-bond donors (Lipinski definition) is 2. The summed E-state index contributed by atoms with van der Waals surface area (Å²) in [6.45, 7) is 5.56. The van der Waals surface area contributed by atoms with Gasteiger partial charge in [-0.2, -0.15) is 0 Å². The van der Waals surface area contributed by atoms with E-state index in [2.05, 4.69) is 12.1 Å². The Morgan fingerprint density at radius 3 is 2.42 bits per heavy atom. The Hall–Kier alpha value is -1.55. The molecule has 0 aliphatic heterocycles. The molecule has 1 saturated carbocycles. The minimum atomic E-state index is -0.915. The third kappa shape index (κ3) is 3.75. The fraction of sp³-hybridized carbons (Fsp3) is 0.650. The predicted molar refractivity (Wildman–Crippen MR) is 94.6 cm³/mol. The summed E-state index contributed by atoms with van der Waals surface area (Å²) in [6, 6.07) is 6.20. The van der Waals surface area contributed by atoms with Gasteiger partial charge in [-0.15, -0.1) is 0 Å². The van der Waals surface area contributed by atoms with Crippen LogP contribution in [0.5, 0.6) is 0 Å². The molecular weight excluding hydrogens is 302 g/mol. The lowest BCUT2D eigenvalue weighted by Crippen LogP contribution is -2.42. The Balaban J connectivity index is 1.61. The number of carbonyl (C=O) groups is 1. The number of anilines is 1. The maximum Gasteiger partial charge on any atom is 0.309 e. The normalized spacial score (nSPS) is 29.5. The molecule has 0 unspecified atom stereocenters. The molecule has 0 saturated heterocycles. The van der Waals surface area contributed by atoms with Crippen molar-refractivity contribution in [1.82, 2.24) is 0 Å². The molecule has 2 aliphatic rings. The van der Waals surface area contributed by atoms with Crippen molar-refractivity contribution >= 4 is 11.7 Å². The quantitative estimate of drug-likeness (QED) is 0.643. The fourth-order valence-electron chi connectivity index (χ4n) is 4.28. The topological polar surface area (TPSA) is 72.5 Å². The predicted octanol–water partition coefficient (Wildman–Crippen LogP) is 3.39. The Morgan fingerprint density at radius 1 is 1.17 bits per heavy atom. The summed E-state index contributed by atoms with van der Waals surface area (Å²) in [7, 11) is 0. The molecule has 3 rings (SSSR count). The van der Waals surface area contributed by atoms with Crippen molar-refractivity contribution in [1.29, 1.82) is 0 Å². The standard InChI is InChI=1S/C20H29NO3/c1-18(2,3)24-17(22)13-20(23)8-6-19(7-9-20)11-14-4-5-16(21)10-15(14)12-19/h4-5,10,23H,6-9,11-13,21H2,1-3H3. The van der Waals surface area contributed by atoms with Crippen LogP contribution < -0.4 is 5.73 Å². The maximum atomic E-state index is 12.1. The van der Waals surface area contributed by atoms with Gasteiger partial charge in [0, 0.05) is 5.69 Å². The Kier molecular flexibility index (Phi) is 4.15. The molecule has 0 heterocycles. The number of nitrogens with two attached hydrogens (primary N) is 1. The minimum absolute atomic E-state index is 0.0975. The molecule has 4 nitrogen and oxygen atoms in total. The molecule has 0 aromatic heterocycles. The SMILES string of the molecule is CC(C)(C)OC(=O)CC1(O)CCC2(CC1)Cc1ccc(N)cc1C2. The third-order valence-corrected chi connectivity index (χ3v) is 5.50. The van der Waals surface area contributed by atoms with Crippen molar-refractivity contribution < 1.29 is 14.6 Å². The van der Waals surface area contributed by atoms with Crippen LogP contribution in [-0.4, -0.2) is 22.3 Å². The number of hydrogen-bond acceptors (Lipinski definition) is 4. The van der Waals surface area contributed by atoms with Crippen LogP contribution in [0.25, 0.3) is 0 Å². The average Bonchev–Trinajstić information content (AvgIpc) is 2.78. The highest BCUT2D eigenvalue weighted by atomic mass is 16.6. The second-order valence-corrected chi connectivity index (χ2v) is 8.87. The zero-order valence-corrected chi connectivity index (χ0v) is 15.0. The summed E-state index contributed by atoms with van der Waals surface area (Å²) >= 11 is 0. The molecule has 3 N–H and O–H groups in total. The van der Waals surface area contributed by atoms with Crippen LogP contribution in [0.15, 0.2) is 18.2 Å². The summed E-state index contributed by atoms with van der Waals surface area (Å²) < 4.78 is 5.37. The number of esters is 1. The van der Waals surface area contributed by atoms with Crippen LogP contribution in [0.4, 0.5) is 5.69 Å². The smallest absolute Gasteiger partial charge is 0.309 e. The van der Waals surface area contributed by atoms with Crippen molar-refractivity contribution in [3.05, 3.63) is 29.3 Å². The van der Waals surface area contributed by atoms with Crippen LogP contribution in [0.2, 0.25) is 0 Å². The summed E-state index contributed by atoms with van der Waals surface area (Å²) in [5.74, 6) is -0.302. The van der Waals surface area contributed by atoms with E-state index in [-0.39, 0.29) is 17.8 Å². The zero-order chi connectivity index (χ0) is 17.6. The van der Waals surface area contributed by atoms with Gasteiger partial charge in [0.2, 0.25) is 0 Å². The first-order valence-electron chi connectivity index (χ1n) is 8.90. The molecule has 1 spiro atoms. The highest BCUT2D eigenvalue weighted by molar-refractivity contribution is 5.71. The molecule has 0 radical (unpaired) electrons. The van der Waals surface area contributed by atoms with Crippen LogP contribution in [0, 0.1) is 5.41 Å². The van der Waals surface area contributed by atoms with Gasteiger partial charge in [-0.3, -0.25) is 4.79 Å². The van der Waals surface area contributed by atoms with Crippen LogP contribution >= 0.6 is 0 Å². The van der Waals surface area contributed by atoms with Crippen molar-refractivity contribution in [2.24, 2.45) is 5.41 Å². The zero-order valence-electron chi connectivity index (χ0n) is 15.0. The number of aliphatic hydroxyl groups is 1. The van der Waals surface area contributed by atoms with Gasteiger partial charge >= 0.3 is 5.97 Å². The summed E-state index contributed by atoms with van der Waals surface area (Å²) in [6.07, 6.45) is 5.41. The average molecular weight is 331 g/mol. The van der Waals surface area contributed by atoms with E-state index in [0.29, 0.717) is 12.8 Å². The van der Waals surface area contributed by atoms with Gasteiger partial charge in [0.25, 0.3) is 0 Å². The van der Waals surface area contributed by atoms with Crippen molar-refractivity contribution in [3.8, 4) is 0 Å². The third-order valence-electron chi connectivity index (χ3n) is 5.50. The molecule has 132 valence electrons. The lowest BCUT2D eigenvalue weighted by atomic mass is 9.66. The van der Waals surface area contributed by atoms with E-state index in [4.69, 9.17) is 10.5 Å². The van der Waals surface area contributed by atoms with Gasteiger partial charge < -0.3 is 15.6 Å². The molecule has 1 fully saturated rings. The monoisotopic (exact) mass is 331 g/mol. The first-order valence-corrected chi connectivity index (χ1v) is 8.90. The largest absolute Gasteiger partial charge is 0.460 e. The number of fused-ring (bicyclic) bond motifs is 1. The highest BCUT2D eigenvalue weighted by Crippen LogP contribution is 2.50. The summed E-state index contributed by atoms with van der Waals surface area (Å²) in [5.41, 5.74) is 8.29. The fourth-order valence-corrected chi connectivity index (χ4v) is 4.28. The molecule has 24 heavy (non-hydrogen) atoms.